The average Bonchev–Trinajstić information content (AvgIpc) is 2.64. The minimum absolute atomic E-state index is 0.366. The van der Waals surface area contributed by atoms with Crippen LogP contribution in [-0.2, 0) is 9.59 Å². The van der Waals surface area contributed by atoms with E-state index in [1.54, 1.807) is 31.2 Å². The van der Waals surface area contributed by atoms with Crippen LogP contribution in [0.15, 0.2) is 29.3 Å². The molecule has 1 aromatic carbocycles. The Labute approximate surface area is 163 Å². The maximum atomic E-state index is 12.9. The number of amides is 4. The molecule has 0 bridgehead atoms. The number of benzene rings is 1. The van der Waals surface area contributed by atoms with Crippen molar-refractivity contribution in [3.8, 4) is 0 Å². The summed E-state index contributed by atoms with van der Waals surface area (Å²) >= 11 is 5.87. The van der Waals surface area contributed by atoms with Crippen molar-refractivity contribution in [3.05, 3.63) is 29.3 Å². The SMILES string of the molecule is CC(=NCC[NH+]1CCCCC1)C1C(=O)NC(=O)N(c2ccc(Cl)cc2)C1=O. The highest BCUT2D eigenvalue weighted by atomic mass is 35.5. The highest BCUT2D eigenvalue weighted by Crippen LogP contribution is 2.23. The van der Waals surface area contributed by atoms with Crippen molar-refractivity contribution in [2.75, 3.05) is 31.1 Å². The van der Waals surface area contributed by atoms with Gasteiger partial charge >= 0.3 is 6.03 Å². The van der Waals surface area contributed by atoms with E-state index in [2.05, 4.69) is 10.3 Å². The number of nitrogens with one attached hydrogen (secondary N) is 2. The minimum Gasteiger partial charge on any atom is -0.333 e. The van der Waals surface area contributed by atoms with Crippen LogP contribution in [-0.4, -0.2) is 49.7 Å². The first-order chi connectivity index (χ1) is 13.0. The Kier molecular flexibility index (Phi) is 6.23. The number of hydrogen-bond acceptors (Lipinski definition) is 4. The van der Waals surface area contributed by atoms with Gasteiger partial charge in [0.1, 0.15) is 0 Å². The van der Waals surface area contributed by atoms with E-state index in [1.165, 1.54) is 24.2 Å². The summed E-state index contributed by atoms with van der Waals surface area (Å²) in [5.41, 5.74) is 0.797. The molecule has 7 nitrogen and oxygen atoms in total. The summed E-state index contributed by atoms with van der Waals surface area (Å²) in [5.74, 6) is -2.30. The molecule has 1 unspecified atom stereocenters. The molecule has 2 aliphatic heterocycles. The van der Waals surface area contributed by atoms with Crippen molar-refractivity contribution in [3.63, 3.8) is 0 Å². The zero-order valence-electron chi connectivity index (χ0n) is 15.3. The standard InChI is InChI=1S/C19H23ClN4O3/c1-13(21-9-12-23-10-3-2-4-11-23)16-17(25)22-19(27)24(18(16)26)15-7-5-14(20)6-8-15/h5-8,16H,2-4,9-12H2,1H3,(H,22,25,27)/p+1. The van der Waals surface area contributed by atoms with Crippen molar-refractivity contribution in [2.24, 2.45) is 10.9 Å². The molecule has 2 aliphatic rings. The van der Waals surface area contributed by atoms with Gasteiger partial charge in [0.25, 0.3) is 5.91 Å². The van der Waals surface area contributed by atoms with Gasteiger partial charge in [-0.2, -0.15) is 0 Å². The van der Waals surface area contributed by atoms with Crippen LogP contribution < -0.4 is 15.1 Å². The van der Waals surface area contributed by atoms with Gasteiger partial charge in [-0.1, -0.05) is 11.6 Å². The van der Waals surface area contributed by atoms with Crippen molar-refractivity contribution in [1.29, 1.82) is 0 Å². The Morgan fingerprint density at radius 3 is 2.52 bits per heavy atom. The molecule has 27 heavy (non-hydrogen) atoms. The van der Waals surface area contributed by atoms with Crippen LogP contribution in [0.25, 0.3) is 0 Å². The van der Waals surface area contributed by atoms with Gasteiger partial charge in [0, 0.05) is 10.7 Å². The minimum atomic E-state index is -1.09. The van der Waals surface area contributed by atoms with Crippen LogP contribution >= 0.6 is 11.6 Å². The molecule has 3 rings (SSSR count). The van der Waals surface area contributed by atoms with Gasteiger partial charge in [0.2, 0.25) is 5.91 Å². The van der Waals surface area contributed by atoms with Crippen molar-refractivity contribution in [2.45, 2.75) is 26.2 Å². The van der Waals surface area contributed by atoms with E-state index in [1.807, 2.05) is 0 Å². The number of rotatable bonds is 5. The molecule has 1 aromatic rings. The molecule has 2 N–H and O–H groups in total. The number of barbiturate groups is 1. The predicted octanol–water partition coefficient (Wildman–Crippen LogP) is 1.07. The summed E-state index contributed by atoms with van der Waals surface area (Å²) in [7, 11) is 0. The monoisotopic (exact) mass is 391 g/mol. The first kappa shape index (κ1) is 19.5. The van der Waals surface area contributed by atoms with Crippen molar-refractivity contribution in [1.82, 2.24) is 5.32 Å². The molecule has 0 aliphatic carbocycles. The zero-order valence-corrected chi connectivity index (χ0v) is 16.1. The maximum Gasteiger partial charge on any atom is 0.335 e. The van der Waals surface area contributed by atoms with E-state index in [0.29, 0.717) is 23.0 Å². The summed E-state index contributed by atoms with van der Waals surface area (Å²) in [6.07, 6.45) is 3.76. The molecule has 2 saturated heterocycles. The van der Waals surface area contributed by atoms with Crippen molar-refractivity contribution < 1.29 is 19.3 Å². The Bertz CT molecular complexity index is 757. The highest BCUT2D eigenvalue weighted by molar-refractivity contribution is 6.35. The summed E-state index contributed by atoms with van der Waals surface area (Å²) in [6.45, 7) is 5.42. The summed E-state index contributed by atoms with van der Waals surface area (Å²) in [6, 6.07) is 5.56. The summed E-state index contributed by atoms with van der Waals surface area (Å²) in [5, 5.41) is 2.75. The molecule has 144 valence electrons. The second-order valence-corrected chi connectivity index (χ2v) is 7.40. The van der Waals surface area contributed by atoms with Crippen molar-refractivity contribution >= 4 is 40.8 Å². The Morgan fingerprint density at radius 1 is 1.19 bits per heavy atom. The average molecular weight is 392 g/mol. The number of urea groups is 1. The number of quaternary nitrogens is 1. The topological polar surface area (TPSA) is 83.3 Å². The Balaban J connectivity index is 1.71. The third-order valence-electron chi connectivity index (χ3n) is 5.05. The van der Waals surface area contributed by atoms with E-state index >= 15 is 0 Å². The predicted molar refractivity (Wildman–Crippen MR) is 103 cm³/mol. The lowest BCUT2D eigenvalue weighted by atomic mass is 9.99. The smallest absolute Gasteiger partial charge is 0.333 e. The second-order valence-electron chi connectivity index (χ2n) is 6.96. The number of anilines is 1. The first-order valence-electron chi connectivity index (χ1n) is 9.26. The quantitative estimate of drug-likeness (QED) is 0.581. The van der Waals surface area contributed by atoms with E-state index in [0.717, 1.165) is 24.5 Å². The zero-order chi connectivity index (χ0) is 19.4. The summed E-state index contributed by atoms with van der Waals surface area (Å²) < 4.78 is 0. The van der Waals surface area contributed by atoms with E-state index in [-0.39, 0.29) is 0 Å². The first-order valence-corrected chi connectivity index (χ1v) is 9.64. The Morgan fingerprint density at radius 2 is 1.85 bits per heavy atom. The maximum absolute atomic E-state index is 12.9. The molecular weight excluding hydrogens is 368 g/mol. The number of nitrogens with zero attached hydrogens (tertiary/aromatic N) is 2. The van der Waals surface area contributed by atoms with E-state index < -0.39 is 23.8 Å². The van der Waals surface area contributed by atoms with Gasteiger partial charge < -0.3 is 4.90 Å². The number of carbonyl (C=O) groups excluding carboxylic acids is 3. The fourth-order valence-corrected chi connectivity index (χ4v) is 3.69. The molecule has 0 aromatic heterocycles. The van der Waals surface area contributed by atoms with Crippen LogP contribution in [0.1, 0.15) is 26.2 Å². The molecule has 0 spiro atoms. The third kappa shape index (κ3) is 4.54. The van der Waals surface area contributed by atoms with Crippen LogP contribution in [0.4, 0.5) is 10.5 Å². The molecule has 2 heterocycles. The van der Waals surface area contributed by atoms with Gasteiger partial charge in [0.05, 0.1) is 31.9 Å². The van der Waals surface area contributed by atoms with Crippen LogP contribution in [0.2, 0.25) is 5.02 Å². The van der Waals surface area contributed by atoms with Crippen LogP contribution in [0.5, 0.6) is 0 Å². The van der Waals surface area contributed by atoms with Gasteiger partial charge in [-0.3, -0.25) is 19.9 Å². The normalized spacial score (nSPS) is 22.1. The number of halogens is 1. The lowest BCUT2D eigenvalue weighted by Gasteiger charge is -2.30. The number of likely N-dealkylation sites (tertiary alicyclic amines) is 1. The number of carbonyl (C=O) groups is 3. The van der Waals surface area contributed by atoms with Gasteiger partial charge in [0.15, 0.2) is 5.92 Å². The molecule has 0 radical (unpaired) electrons. The molecule has 1 atom stereocenters. The lowest BCUT2D eigenvalue weighted by molar-refractivity contribution is -0.903. The number of imide groups is 2. The molecule has 4 amide bonds. The largest absolute Gasteiger partial charge is 0.335 e. The molecule has 8 heteroatoms. The second kappa shape index (κ2) is 8.63. The summed E-state index contributed by atoms with van der Waals surface area (Å²) in [4.78, 5) is 44.3. The number of aliphatic imine (C=N–C) groups is 1. The van der Waals surface area contributed by atoms with Gasteiger partial charge in [-0.05, 0) is 50.5 Å². The Hall–Kier alpha value is -2.25. The number of piperidine rings is 1. The fraction of sp³-hybridized carbons (Fsp3) is 0.474. The van der Waals surface area contributed by atoms with Crippen LogP contribution in [0.3, 0.4) is 0 Å². The highest BCUT2D eigenvalue weighted by Gasteiger charge is 2.42. The molecular formula is C19H24ClN4O3+. The van der Waals surface area contributed by atoms with E-state index in [4.69, 9.17) is 11.6 Å². The third-order valence-corrected chi connectivity index (χ3v) is 5.30. The van der Waals surface area contributed by atoms with Crippen LogP contribution in [0, 0.1) is 5.92 Å². The fourth-order valence-electron chi connectivity index (χ4n) is 3.56. The molecule has 2 fully saturated rings. The van der Waals surface area contributed by atoms with Gasteiger partial charge in [-0.25, -0.2) is 9.69 Å². The molecule has 0 saturated carbocycles. The van der Waals surface area contributed by atoms with E-state index in [9.17, 15) is 14.4 Å². The number of hydrogen-bond donors (Lipinski definition) is 2. The van der Waals surface area contributed by atoms with Gasteiger partial charge in [-0.15, -0.1) is 0 Å². The lowest BCUT2D eigenvalue weighted by Crippen LogP contribution is -3.13.